The summed E-state index contributed by atoms with van der Waals surface area (Å²) in [5.41, 5.74) is 6.42. The number of carbonyl (C=O) groups excluding carboxylic acids is 2. The molecule has 1 amide bonds. The Kier molecular flexibility index (Phi) is 4.61. The molecule has 2 aliphatic heterocycles. The van der Waals surface area contributed by atoms with E-state index in [1.54, 1.807) is 0 Å². The number of rotatable bonds is 3. The van der Waals surface area contributed by atoms with E-state index in [4.69, 9.17) is 45.3 Å². The number of esters is 1. The molecule has 0 aromatic carbocycles. The lowest BCUT2D eigenvalue weighted by Gasteiger charge is -2.48. The molecule has 0 aromatic rings. The molecule has 0 aromatic heterocycles. The summed E-state index contributed by atoms with van der Waals surface area (Å²) in [7, 11) is 0. The number of nitrogens with zero attached hydrogens (tertiary/aromatic N) is 1. The van der Waals surface area contributed by atoms with Gasteiger partial charge in [0.15, 0.2) is 0 Å². The van der Waals surface area contributed by atoms with Crippen molar-refractivity contribution < 1.29 is 14.3 Å². The Bertz CT molecular complexity index is 504. The van der Waals surface area contributed by atoms with E-state index in [1.165, 1.54) is 22.7 Å². The van der Waals surface area contributed by atoms with Crippen LogP contribution >= 0.6 is 46.6 Å². The van der Waals surface area contributed by atoms with Crippen molar-refractivity contribution in [3.63, 3.8) is 0 Å². The third kappa shape index (κ3) is 2.94. The summed E-state index contributed by atoms with van der Waals surface area (Å²) >= 11 is 18.1. The molecule has 2 heterocycles. The van der Waals surface area contributed by atoms with Crippen LogP contribution in [0.25, 0.3) is 0 Å². The monoisotopic (exact) mass is 356 g/mol. The number of β-lactam (4-membered cyclic amide) rings is 1. The van der Waals surface area contributed by atoms with Crippen LogP contribution in [-0.2, 0) is 14.3 Å². The highest BCUT2D eigenvalue weighted by atomic mass is 35.6. The van der Waals surface area contributed by atoms with Crippen LogP contribution in [0.2, 0.25) is 0 Å². The van der Waals surface area contributed by atoms with Crippen molar-refractivity contribution in [1.29, 1.82) is 0 Å². The standard InChI is InChI=1S/C11H11Cl3N2O3S/c1-2-5-3-20-9-6(15)8(17)16(9)7(5)10(18)19-4-11(12,13)14/h2,6,9H,1,3-4,15H2/t6-,9-/m1/s1. The number of fused-ring (bicyclic) bond motifs is 1. The number of carbonyl (C=O) groups is 2. The van der Waals surface area contributed by atoms with Crippen LogP contribution in [0.4, 0.5) is 0 Å². The van der Waals surface area contributed by atoms with E-state index >= 15 is 0 Å². The number of ether oxygens (including phenoxy) is 1. The van der Waals surface area contributed by atoms with E-state index in [0.29, 0.717) is 11.3 Å². The summed E-state index contributed by atoms with van der Waals surface area (Å²) in [4.78, 5) is 25.2. The summed E-state index contributed by atoms with van der Waals surface area (Å²) in [6.45, 7) is 3.22. The Balaban J connectivity index is 2.21. The van der Waals surface area contributed by atoms with Gasteiger partial charge in [0.25, 0.3) is 0 Å². The van der Waals surface area contributed by atoms with Crippen LogP contribution in [0.1, 0.15) is 0 Å². The molecule has 0 aliphatic carbocycles. The third-order valence-electron chi connectivity index (χ3n) is 2.85. The lowest BCUT2D eigenvalue weighted by Crippen LogP contribution is -2.68. The first-order chi connectivity index (χ1) is 9.26. The minimum Gasteiger partial charge on any atom is -0.456 e. The molecular formula is C11H11Cl3N2O3S. The maximum absolute atomic E-state index is 12.1. The molecule has 1 fully saturated rings. The number of hydrogen-bond acceptors (Lipinski definition) is 5. The third-order valence-corrected chi connectivity index (χ3v) is 4.50. The average Bonchev–Trinajstić information content (AvgIpc) is 2.41. The van der Waals surface area contributed by atoms with Crippen molar-refractivity contribution in [1.82, 2.24) is 4.90 Å². The number of amides is 1. The minimum atomic E-state index is -1.71. The molecule has 1 saturated heterocycles. The maximum atomic E-state index is 12.1. The first-order valence-corrected chi connectivity index (χ1v) is 7.74. The summed E-state index contributed by atoms with van der Waals surface area (Å²) in [6.07, 6.45) is 1.51. The molecule has 9 heteroatoms. The summed E-state index contributed by atoms with van der Waals surface area (Å²) in [5, 5.41) is -0.262. The zero-order valence-electron chi connectivity index (χ0n) is 10.1. The zero-order chi connectivity index (χ0) is 15.1. The van der Waals surface area contributed by atoms with Gasteiger partial charge in [0.05, 0.1) is 0 Å². The van der Waals surface area contributed by atoms with Gasteiger partial charge in [-0.05, 0) is 5.57 Å². The molecular weight excluding hydrogens is 347 g/mol. The molecule has 20 heavy (non-hydrogen) atoms. The second-order valence-electron chi connectivity index (χ2n) is 4.20. The SMILES string of the molecule is C=CC1=C(C(=O)OCC(Cl)(Cl)Cl)N2C(=O)[C@@H](N)[C@H]2SC1. The molecule has 2 N–H and O–H groups in total. The van der Waals surface area contributed by atoms with Gasteiger partial charge in [0, 0.05) is 5.75 Å². The Hall–Kier alpha value is -0.400. The summed E-state index contributed by atoms with van der Waals surface area (Å²) in [5.74, 6) is -0.539. The molecule has 0 unspecified atom stereocenters. The van der Waals surface area contributed by atoms with Crippen molar-refractivity contribution in [3.05, 3.63) is 23.9 Å². The second kappa shape index (κ2) is 5.77. The van der Waals surface area contributed by atoms with Gasteiger partial charge in [0.1, 0.15) is 23.7 Å². The van der Waals surface area contributed by atoms with Gasteiger partial charge in [0.2, 0.25) is 9.70 Å². The number of hydrogen-bond donors (Lipinski definition) is 1. The fraction of sp³-hybridized carbons (Fsp3) is 0.455. The number of halogens is 3. The van der Waals surface area contributed by atoms with Gasteiger partial charge in [-0.25, -0.2) is 4.79 Å². The van der Waals surface area contributed by atoms with E-state index < -0.39 is 22.4 Å². The van der Waals surface area contributed by atoms with Crippen LogP contribution in [0, 0.1) is 0 Å². The minimum absolute atomic E-state index is 0.129. The van der Waals surface area contributed by atoms with Crippen molar-refractivity contribution >= 4 is 58.4 Å². The fourth-order valence-electron chi connectivity index (χ4n) is 1.90. The van der Waals surface area contributed by atoms with Crippen LogP contribution in [-0.4, -0.2) is 44.3 Å². The Morgan fingerprint density at radius 3 is 2.80 bits per heavy atom. The summed E-state index contributed by atoms with van der Waals surface area (Å²) in [6, 6.07) is -0.609. The van der Waals surface area contributed by atoms with Crippen molar-refractivity contribution in [2.24, 2.45) is 5.73 Å². The van der Waals surface area contributed by atoms with Crippen LogP contribution in [0.15, 0.2) is 23.9 Å². The second-order valence-corrected chi connectivity index (χ2v) is 7.83. The largest absolute Gasteiger partial charge is 0.456 e. The lowest BCUT2D eigenvalue weighted by atomic mass is 10.0. The molecule has 2 atom stereocenters. The highest BCUT2D eigenvalue weighted by Gasteiger charge is 2.51. The molecule has 2 rings (SSSR count). The number of allylic oxidation sites excluding steroid dienone is 1. The van der Waals surface area contributed by atoms with E-state index in [1.807, 2.05) is 0 Å². The zero-order valence-corrected chi connectivity index (χ0v) is 13.2. The maximum Gasteiger partial charge on any atom is 0.355 e. The molecule has 5 nitrogen and oxygen atoms in total. The molecule has 0 spiro atoms. The number of alkyl halides is 3. The van der Waals surface area contributed by atoms with Gasteiger partial charge in [-0.3, -0.25) is 9.69 Å². The number of nitrogens with two attached hydrogens (primary N) is 1. The van der Waals surface area contributed by atoms with Gasteiger partial charge >= 0.3 is 5.97 Å². The predicted molar refractivity (Wildman–Crippen MR) is 79.5 cm³/mol. The molecule has 110 valence electrons. The normalized spacial score (nSPS) is 26.0. The topological polar surface area (TPSA) is 72.6 Å². The van der Waals surface area contributed by atoms with E-state index in [0.717, 1.165) is 0 Å². The molecule has 0 radical (unpaired) electrons. The Morgan fingerprint density at radius 1 is 1.60 bits per heavy atom. The highest BCUT2D eigenvalue weighted by molar-refractivity contribution is 8.00. The molecule has 0 saturated carbocycles. The Morgan fingerprint density at radius 2 is 2.25 bits per heavy atom. The van der Waals surface area contributed by atoms with Gasteiger partial charge in [-0.1, -0.05) is 47.5 Å². The van der Waals surface area contributed by atoms with Crippen molar-refractivity contribution in [3.8, 4) is 0 Å². The average molecular weight is 358 g/mol. The van der Waals surface area contributed by atoms with E-state index in [2.05, 4.69) is 6.58 Å². The van der Waals surface area contributed by atoms with Crippen molar-refractivity contribution in [2.75, 3.05) is 12.4 Å². The highest BCUT2D eigenvalue weighted by Crippen LogP contribution is 2.40. The van der Waals surface area contributed by atoms with Crippen LogP contribution in [0.3, 0.4) is 0 Å². The van der Waals surface area contributed by atoms with Gasteiger partial charge < -0.3 is 10.5 Å². The Labute approximate surface area is 135 Å². The van der Waals surface area contributed by atoms with Gasteiger partial charge in [-0.2, -0.15) is 0 Å². The molecule has 0 bridgehead atoms. The molecule has 2 aliphatic rings. The number of thioether (sulfide) groups is 1. The van der Waals surface area contributed by atoms with Crippen LogP contribution < -0.4 is 5.73 Å². The van der Waals surface area contributed by atoms with Gasteiger partial charge in [-0.15, -0.1) is 11.8 Å². The van der Waals surface area contributed by atoms with Crippen LogP contribution in [0.5, 0.6) is 0 Å². The quantitative estimate of drug-likeness (QED) is 0.472. The van der Waals surface area contributed by atoms with Crippen molar-refractivity contribution in [2.45, 2.75) is 15.2 Å². The first kappa shape index (κ1) is 16.0. The fourth-order valence-corrected chi connectivity index (χ4v) is 3.35. The lowest BCUT2D eigenvalue weighted by molar-refractivity contribution is -0.150. The first-order valence-electron chi connectivity index (χ1n) is 5.56. The summed E-state index contributed by atoms with van der Waals surface area (Å²) < 4.78 is 3.22. The van der Waals surface area contributed by atoms with E-state index in [9.17, 15) is 9.59 Å². The smallest absolute Gasteiger partial charge is 0.355 e. The van der Waals surface area contributed by atoms with E-state index in [-0.39, 0.29) is 17.0 Å². The predicted octanol–water partition coefficient (Wildman–Crippen LogP) is 1.58.